The number of hydrogen-bond acceptors (Lipinski definition) is 0. The quantitative estimate of drug-likeness (QED) is 0.256. The first-order chi connectivity index (χ1) is 18.2. The average Bonchev–Trinajstić information content (AvgIpc) is 3.52. The normalized spacial score (nSPS) is 13.5. The first-order valence-electron chi connectivity index (χ1n) is 13.0. The Morgan fingerprint density at radius 3 is 1.95 bits per heavy atom. The number of halogens is 2. The summed E-state index contributed by atoms with van der Waals surface area (Å²) in [7, 11) is 0. The Hall–Kier alpha value is -2.96. The van der Waals surface area contributed by atoms with E-state index in [-0.39, 0.29) is 56.9 Å². The van der Waals surface area contributed by atoms with E-state index in [9.17, 15) is 0 Å². The summed E-state index contributed by atoms with van der Waals surface area (Å²) in [6, 6.07) is 39.6. The third-order valence-electron chi connectivity index (χ3n) is 7.77. The van der Waals surface area contributed by atoms with Crippen LogP contribution in [-0.2, 0) is 26.2 Å². The van der Waals surface area contributed by atoms with Gasteiger partial charge < -0.3 is 24.8 Å². The van der Waals surface area contributed by atoms with E-state index in [0.29, 0.717) is 0 Å². The molecule has 0 amide bonds. The van der Waals surface area contributed by atoms with Crippen molar-refractivity contribution in [3.05, 3.63) is 181 Å². The molecule has 0 saturated heterocycles. The topological polar surface area (TPSA) is 0 Å². The number of aryl methyl sites for hydroxylation is 2. The summed E-state index contributed by atoms with van der Waals surface area (Å²) in [6.07, 6.45) is 8.55. The van der Waals surface area contributed by atoms with Gasteiger partial charge in [-0.2, -0.15) is 0 Å². The number of rotatable bonds is 3. The van der Waals surface area contributed by atoms with Gasteiger partial charge in [-0.05, 0) is 52.5 Å². The molecule has 2 aliphatic carbocycles. The van der Waals surface area contributed by atoms with Gasteiger partial charge in [0, 0.05) is 5.92 Å². The molecule has 0 spiro atoms. The van der Waals surface area contributed by atoms with Crippen molar-refractivity contribution in [1.29, 1.82) is 0 Å². The number of hydrogen-bond donors (Lipinski definition) is 0. The van der Waals surface area contributed by atoms with E-state index in [1.165, 1.54) is 71.0 Å². The maximum absolute atomic E-state index is 3.84. The van der Waals surface area contributed by atoms with Crippen molar-refractivity contribution >= 4 is 17.7 Å². The third-order valence-corrected chi connectivity index (χ3v) is 7.77. The minimum absolute atomic E-state index is 0. The van der Waals surface area contributed by atoms with E-state index in [0.717, 1.165) is 0 Å². The van der Waals surface area contributed by atoms with Crippen LogP contribution < -0.4 is 35.3 Å². The van der Waals surface area contributed by atoms with Crippen LogP contribution in [-0.4, -0.2) is 0 Å². The summed E-state index contributed by atoms with van der Waals surface area (Å²) in [5, 5.41) is 5.01. The molecule has 0 aliphatic heterocycles. The van der Waals surface area contributed by atoms with Crippen LogP contribution in [0.3, 0.4) is 0 Å². The predicted molar refractivity (Wildman–Crippen MR) is 154 cm³/mol. The van der Waals surface area contributed by atoms with Gasteiger partial charge in [0.1, 0.15) is 0 Å². The third kappa shape index (κ3) is 5.01. The van der Waals surface area contributed by atoms with Crippen LogP contribution in [0.4, 0.5) is 0 Å². The van der Waals surface area contributed by atoms with Crippen molar-refractivity contribution in [3.63, 3.8) is 0 Å². The van der Waals surface area contributed by atoms with Crippen LogP contribution in [0.25, 0.3) is 17.7 Å². The Morgan fingerprint density at radius 2 is 1.27 bits per heavy atom. The van der Waals surface area contributed by atoms with E-state index in [4.69, 9.17) is 0 Å². The van der Waals surface area contributed by atoms with Gasteiger partial charge in [0.2, 0.25) is 0 Å². The van der Waals surface area contributed by atoms with E-state index < -0.39 is 0 Å². The molecule has 5 aromatic rings. The molecule has 0 saturated carbocycles. The predicted octanol–water partition coefficient (Wildman–Crippen LogP) is 1.02. The minimum atomic E-state index is 0. The van der Waals surface area contributed by atoms with Crippen LogP contribution in [0.15, 0.2) is 115 Å². The Morgan fingerprint density at radius 1 is 0.650 bits per heavy atom. The SMILES string of the molecule is Cc1cc(C)c2c(c1)C=CC2c1c2c(ccc1=C(c1ccccc1)c1ccccc1)=c1ccccc1=[C-]2.[Cl-].[Cl-].[Zr+3]. The molecule has 5 aromatic carbocycles. The number of fused-ring (bicyclic) bond motifs is 3. The molecule has 0 bridgehead atoms. The van der Waals surface area contributed by atoms with Crippen molar-refractivity contribution in [2.45, 2.75) is 19.8 Å². The van der Waals surface area contributed by atoms with Crippen LogP contribution in [0.2, 0.25) is 0 Å². The first kappa shape index (κ1) is 30.0. The summed E-state index contributed by atoms with van der Waals surface area (Å²) in [5.41, 5.74) is 11.7. The molecule has 0 heterocycles. The van der Waals surface area contributed by atoms with Crippen molar-refractivity contribution in [2.75, 3.05) is 0 Å². The molecule has 1 atom stereocenters. The summed E-state index contributed by atoms with van der Waals surface area (Å²) in [4.78, 5) is 0. The zero-order valence-electron chi connectivity index (χ0n) is 22.4. The molecule has 3 heteroatoms. The van der Waals surface area contributed by atoms with Gasteiger partial charge in [0.15, 0.2) is 0 Å². The summed E-state index contributed by atoms with van der Waals surface area (Å²) in [5.74, 6) is 0.171. The van der Waals surface area contributed by atoms with Crippen LogP contribution in [0, 0.1) is 24.3 Å². The zero-order chi connectivity index (χ0) is 24.9. The molecule has 0 N–H and O–H groups in total. The number of benzene rings is 5. The molecule has 40 heavy (non-hydrogen) atoms. The smallest absolute Gasteiger partial charge is 1.00 e. The number of allylic oxidation sites excluding steroid dienone is 1. The molecular weight excluding hydrogens is 607 g/mol. The fourth-order valence-corrected chi connectivity index (χ4v) is 6.28. The summed E-state index contributed by atoms with van der Waals surface area (Å²) < 4.78 is 0. The van der Waals surface area contributed by atoms with Crippen LogP contribution in [0.1, 0.15) is 50.4 Å². The Balaban J connectivity index is 0.00000123. The summed E-state index contributed by atoms with van der Waals surface area (Å²) >= 11 is 0. The standard InChI is InChI=1S/C37H27.2ClH.Zr/c1-24-21-25(2)35-29(22-24)17-18-32(35)37-33(20-19-31-30-16-10-9-15-28(30)23-34(31)37)36(26-11-5-3-6-12-26)27-13-7-4-8-14-27;;;/h3-22,32H,1-2H3;2*1H;/q-1;;;+3/p-2. The average molecular weight is 634 g/mol. The molecule has 0 aromatic heterocycles. The minimum Gasteiger partial charge on any atom is -1.00 e. The Labute approximate surface area is 267 Å². The van der Waals surface area contributed by atoms with Gasteiger partial charge in [-0.3, -0.25) is 0 Å². The zero-order valence-corrected chi connectivity index (χ0v) is 26.4. The van der Waals surface area contributed by atoms with Gasteiger partial charge in [-0.25, -0.2) is 0 Å². The molecule has 2 aliphatic rings. The Bertz CT molecular complexity index is 1900. The van der Waals surface area contributed by atoms with E-state index in [1.54, 1.807) is 0 Å². The summed E-state index contributed by atoms with van der Waals surface area (Å²) in [6.45, 7) is 4.45. The molecule has 193 valence electrons. The van der Waals surface area contributed by atoms with Crippen molar-refractivity contribution in [2.24, 2.45) is 0 Å². The second-order valence-electron chi connectivity index (χ2n) is 10.1. The molecule has 1 radical (unpaired) electrons. The van der Waals surface area contributed by atoms with Gasteiger partial charge in [0.25, 0.3) is 0 Å². The van der Waals surface area contributed by atoms with Gasteiger partial charge in [-0.15, -0.1) is 33.4 Å². The Kier molecular flexibility index (Phi) is 9.21. The van der Waals surface area contributed by atoms with Crippen LogP contribution in [0.5, 0.6) is 0 Å². The second kappa shape index (κ2) is 12.3. The monoisotopic (exact) mass is 631 g/mol. The van der Waals surface area contributed by atoms with E-state index >= 15 is 0 Å². The largest absolute Gasteiger partial charge is 3.00 e. The maximum atomic E-state index is 3.84. The first-order valence-corrected chi connectivity index (χ1v) is 13.0. The molecule has 1 unspecified atom stereocenters. The van der Waals surface area contributed by atoms with Gasteiger partial charge in [-0.1, -0.05) is 126 Å². The van der Waals surface area contributed by atoms with E-state index in [2.05, 4.69) is 141 Å². The van der Waals surface area contributed by atoms with Crippen LogP contribution >= 0.6 is 0 Å². The van der Waals surface area contributed by atoms with E-state index in [1.807, 2.05) is 0 Å². The van der Waals surface area contributed by atoms with Crippen molar-refractivity contribution in [3.8, 4) is 0 Å². The molecule has 0 fully saturated rings. The van der Waals surface area contributed by atoms with Crippen molar-refractivity contribution < 1.29 is 51.0 Å². The fourth-order valence-electron chi connectivity index (χ4n) is 6.28. The van der Waals surface area contributed by atoms with Crippen molar-refractivity contribution in [1.82, 2.24) is 0 Å². The molecular formula is C37H27Cl2Zr. The maximum Gasteiger partial charge on any atom is 3.00 e. The van der Waals surface area contributed by atoms with Gasteiger partial charge in [0.05, 0.1) is 0 Å². The molecule has 7 rings (SSSR count). The second-order valence-corrected chi connectivity index (χ2v) is 10.1. The van der Waals surface area contributed by atoms with Gasteiger partial charge >= 0.3 is 26.2 Å². The molecule has 0 nitrogen and oxygen atoms in total. The fraction of sp³-hybridized carbons (Fsp3) is 0.0811.